The van der Waals surface area contributed by atoms with Crippen LogP contribution in [0.4, 0.5) is 0 Å². The summed E-state index contributed by atoms with van der Waals surface area (Å²) in [5, 5.41) is 20.0. The van der Waals surface area contributed by atoms with E-state index in [2.05, 4.69) is 17.1 Å². The predicted molar refractivity (Wildman–Crippen MR) is 81.2 cm³/mol. The van der Waals surface area contributed by atoms with Crippen molar-refractivity contribution in [3.63, 3.8) is 0 Å². The van der Waals surface area contributed by atoms with Gasteiger partial charge in [0.05, 0.1) is 32.0 Å². The molecular weight excluding hydrogens is 308 g/mol. The normalized spacial score (nSPS) is 42.1. The molecule has 2 aliphatic heterocycles. The Morgan fingerprint density at radius 2 is 2.17 bits per heavy atom. The van der Waals surface area contributed by atoms with Crippen molar-refractivity contribution in [3.8, 4) is 17.9 Å². The quantitative estimate of drug-likeness (QED) is 0.747. The average Bonchev–Trinajstić information content (AvgIpc) is 2.99. The van der Waals surface area contributed by atoms with E-state index < -0.39 is 22.7 Å². The Labute approximate surface area is 139 Å². The summed E-state index contributed by atoms with van der Waals surface area (Å²) in [6, 6.07) is 11.9. The molecule has 3 aliphatic rings. The SMILES string of the molecule is COc1cccc([C@H]2[C@@]3(C#N)[C@@]4([NH+]=C(N)[C@@]23C#N)OC[C@H](C)O4)c1. The Morgan fingerprint density at radius 1 is 1.38 bits per heavy atom. The summed E-state index contributed by atoms with van der Waals surface area (Å²) < 4.78 is 17.0. The standard InChI is InChI=1S/C17H16N4O3/c1-10-7-23-17(24-10)16(9-19)13(15(16,8-18)14(20)21-17)11-4-3-5-12(6-11)22-2/h3-6,10,13H,7H2,1-2H3,(H2,20,21)/p+1/t10-,13+,15+,16+,17+/m0/s1. The van der Waals surface area contributed by atoms with Crippen LogP contribution in [0.2, 0.25) is 0 Å². The third-order valence-corrected chi connectivity index (χ3v) is 5.32. The van der Waals surface area contributed by atoms with Crippen LogP contribution in [0.1, 0.15) is 18.4 Å². The van der Waals surface area contributed by atoms with Crippen molar-refractivity contribution in [2.45, 2.75) is 24.9 Å². The first-order valence-corrected chi connectivity index (χ1v) is 7.70. The van der Waals surface area contributed by atoms with Gasteiger partial charge in [-0.3, -0.25) is 5.73 Å². The molecule has 7 nitrogen and oxygen atoms in total. The first-order chi connectivity index (χ1) is 11.5. The molecule has 4 rings (SSSR count). The van der Waals surface area contributed by atoms with Crippen molar-refractivity contribution in [1.82, 2.24) is 0 Å². The summed E-state index contributed by atoms with van der Waals surface area (Å²) in [5.41, 5.74) is 4.53. The predicted octanol–water partition coefficient (Wildman–Crippen LogP) is -0.647. The van der Waals surface area contributed by atoms with Gasteiger partial charge in [0.1, 0.15) is 5.75 Å². The number of amidine groups is 1. The molecule has 7 heteroatoms. The Balaban J connectivity index is 1.90. The maximum absolute atomic E-state index is 10.0. The van der Waals surface area contributed by atoms with Crippen molar-refractivity contribution < 1.29 is 19.2 Å². The van der Waals surface area contributed by atoms with E-state index in [0.29, 0.717) is 12.4 Å². The molecule has 0 amide bonds. The van der Waals surface area contributed by atoms with Crippen molar-refractivity contribution in [3.05, 3.63) is 29.8 Å². The number of hydrogen-bond acceptors (Lipinski definition) is 6. The van der Waals surface area contributed by atoms with Gasteiger partial charge in [-0.1, -0.05) is 12.1 Å². The van der Waals surface area contributed by atoms with Crippen LogP contribution in [0.15, 0.2) is 24.3 Å². The molecule has 0 aromatic heterocycles. The number of hydrogen-bond donors (Lipinski definition) is 2. The lowest BCUT2D eigenvalue weighted by Crippen LogP contribution is -2.90. The number of nitrogens with two attached hydrogens (primary N) is 1. The van der Waals surface area contributed by atoms with Crippen LogP contribution in [0, 0.1) is 33.5 Å². The fourth-order valence-corrected chi connectivity index (χ4v) is 4.29. The van der Waals surface area contributed by atoms with Crippen LogP contribution in [0.25, 0.3) is 0 Å². The van der Waals surface area contributed by atoms with Crippen LogP contribution in [0.5, 0.6) is 5.75 Å². The van der Waals surface area contributed by atoms with Crippen molar-refractivity contribution in [2.24, 2.45) is 16.6 Å². The second-order valence-electron chi connectivity index (χ2n) is 6.44. The molecule has 2 fully saturated rings. The van der Waals surface area contributed by atoms with Crippen LogP contribution in [-0.2, 0) is 9.47 Å². The van der Waals surface area contributed by atoms with E-state index in [1.807, 2.05) is 31.2 Å². The summed E-state index contributed by atoms with van der Waals surface area (Å²) in [6.45, 7) is 2.18. The molecule has 1 aromatic carbocycles. The van der Waals surface area contributed by atoms with Crippen LogP contribution in [-0.4, -0.2) is 31.6 Å². The molecule has 0 bridgehead atoms. The van der Waals surface area contributed by atoms with E-state index in [-0.39, 0.29) is 11.9 Å². The van der Waals surface area contributed by atoms with E-state index in [1.165, 1.54) is 0 Å². The molecule has 1 aliphatic carbocycles. The minimum atomic E-state index is -1.39. The zero-order chi connectivity index (χ0) is 17.2. The molecule has 24 heavy (non-hydrogen) atoms. The minimum Gasteiger partial charge on any atom is -0.497 e. The molecule has 1 saturated carbocycles. The summed E-state index contributed by atoms with van der Waals surface area (Å²) in [7, 11) is 1.57. The average molecular weight is 325 g/mol. The number of nitriles is 2. The van der Waals surface area contributed by atoms with Crippen LogP contribution in [0.3, 0.4) is 0 Å². The molecule has 1 aromatic rings. The van der Waals surface area contributed by atoms with E-state index in [9.17, 15) is 10.5 Å². The summed E-state index contributed by atoms with van der Waals surface area (Å²) in [4.78, 5) is 2.94. The zero-order valence-electron chi connectivity index (χ0n) is 13.4. The van der Waals surface area contributed by atoms with E-state index in [0.717, 1.165) is 5.56 Å². The smallest absolute Gasteiger partial charge is 0.343 e. The van der Waals surface area contributed by atoms with Gasteiger partial charge in [0, 0.05) is 5.92 Å². The molecule has 122 valence electrons. The maximum atomic E-state index is 10.0. The highest BCUT2D eigenvalue weighted by molar-refractivity contribution is 5.95. The van der Waals surface area contributed by atoms with Gasteiger partial charge in [-0.15, -0.1) is 0 Å². The number of rotatable bonds is 2. The monoisotopic (exact) mass is 325 g/mol. The minimum absolute atomic E-state index is 0.198. The van der Waals surface area contributed by atoms with Crippen LogP contribution >= 0.6 is 0 Å². The fourth-order valence-electron chi connectivity index (χ4n) is 4.29. The van der Waals surface area contributed by atoms with Gasteiger partial charge in [-0.05, 0) is 24.6 Å². The molecule has 5 atom stereocenters. The third kappa shape index (κ3) is 1.36. The van der Waals surface area contributed by atoms with E-state index in [4.69, 9.17) is 19.9 Å². The Morgan fingerprint density at radius 3 is 2.75 bits per heavy atom. The highest BCUT2D eigenvalue weighted by atomic mass is 16.8. The molecule has 1 spiro atoms. The summed E-state index contributed by atoms with van der Waals surface area (Å²) in [5.74, 6) is -0.981. The number of nitrogens with zero attached hydrogens (tertiary/aromatic N) is 2. The number of ether oxygens (including phenoxy) is 3. The molecule has 1 saturated heterocycles. The fraction of sp³-hybridized carbons (Fsp3) is 0.471. The first-order valence-electron chi connectivity index (χ1n) is 7.70. The topological polar surface area (TPSA) is 115 Å². The molecule has 3 N–H and O–H groups in total. The van der Waals surface area contributed by atoms with Gasteiger partial charge in [-0.25, -0.2) is 4.99 Å². The lowest BCUT2D eigenvalue weighted by atomic mass is 9.94. The third-order valence-electron chi connectivity index (χ3n) is 5.32. The molecule has 2 heterocycles. The number of benzene rings is 1. The van der Waals surface area contributed by atoms with E-state index in [1.54, 1.807) is 7.11 Å². The Kier molecular flexibility index (Phi) is 2.79. The lowest BCUT2D eigenvalue weighted by Gasteiger charge is -2.24. The lowest BCUT2D eigenvalue weighted by molar-refractivity contribution is -0.677. The number of fused-ring (bicyclic) bond motifs is 2. The van der Waals surface area contributed by atoms with Crippen LogP contribution < -0.4 is 15.5 Å². The summed E-state index contributed by atoms with van der Waals surface area (Å²) in [6.07, 6.45) is -0.198. The largest absolute Gasteiger partial charge is 0.497 e. The number of nitrogens with one attached hydrogen (secondary N) is 1. The highest BCUT2D eigenvalue weighted by Gasteiger charge is 2.97. The second-order valence-corrected chi connectivity index (χ2v) is 6.44. The van der Waals surface area contributed by atoms with Gasteiger partial charge >= 0.3 is 5.91 Å². The van der Waals surface area contributed by atoms with E-state index >= 15 is 0 Å². The van der Waals surface area contributed by atoms with Crippen molar-refractivity contribution in [1.29, 1.82) is 10.5 Å². The maximum Gasteiger partial charge on any atom is 0.343 e. The Hall–Kier alpha value is -2.61. The van der Waals surface area contributed by atoms with Crippen molar-refractivity contribution in [2.75, 3.05) is 13.7 Å². The van der Waals surface area contributed by atoms with Gasteiger partial charge in [-0.2, -0.15) is 10.5 Å². The zero-order valence-corrected chi connectivity index (χ0v) is 13.4. The molecular formula is C17H17N4O3+. The van der Waals surface area contributed by atoms with Gasteiger partial charge in [0.15, 0.2) is 10.8 Å². The number of methoxy groups -OCH3 is 1. The second kappa shape index (κ2) is 4.47. The first kappa shape index (κ1) is 14.9. The summed E-state index contributed by atoms with van der Waals surface area (Å²) >= 11 is 0. The van der Waals surface area contributed by atoms with Gasteiger partial charge < -0.3 is 14.2 Å². The van der Waals surface area contributed by atoms with Gasteiger partial charge in [0.25, 0.3) is 5.84 Å². The Bertz CT molecular complexity index is 841. The molecule has 0 radical (unpaired) electrons. The van der Waals surface area contributed by atoms with Crippen molar-refractivity contribution >= 4 is 5.84 Å². The highest BCUT2D eigenvalue weighted by Crippen LogP contribution is 2.79. The van der Waals surface area contributed by atoms with Gasteiger partial charge in [0.2, 0.25) is 0 Å². The molecule has 0 unspecified atom stereocenters.